The second-order valence-electron chi connectivity index (χ2n) is 8.77. The molecule has 3 rings (SSSR count). The Morgan fingerprint density at radius 3 is 2.19 bits per heavy atom. The molecule has 1 aromatic carbocycles. The number of hydrogen-bond donors (Lipinski definition) is 0. The SMILES string of the molecule is COc1cc(/C=C/C(=O)N2CCN(Cc3nc(C(C)(C)C)cs3)CC2)cc(OC)c1OC. The van der Waals surface area contributed by atoms with Crippen molar-refractivity contribution in [2.24, 2.45) is 0 Å². The van der Waals surface area contributed by atoms with Crippen LogP contribution in [0.3, 0.4) is 0 Å². The van der Waals surface area contributed by atoms with Gasteiger partial charge in [0.1, 0.15) is 5.01 Å². The van der Waals surface area contributed by atoms with Gasteiger partial charge in [0.2, 0.25) is 11.7 Å². The molecule has 2 aromatic rings. The smallest absolute Gasteiger partial charge is 0.246 e. The Kier molecular flexibility index (Phi) is 7.79. The summed E-state index contributed by atoms with van der Waals surface area (Å²) in [7, 11) is 4.72. The molecular weight excluding hydrogens is 426 g/mol. The lowest BCUT2D eigenvalue weighted by Gasteiger charge is -2.33. The van der Waals surface area contributed by atoms with E-state index in [1.807, 2.05) is 17.0 Å². The molecule has 0 atom stereocenters. The van der Waals surface area contributed by atoms with Crippen LogP contribution >= 0.6 is 11.3 Å². The molecule has 8 heteroatoms. The molecule has 2 heterocycles. The highest BCUT2D eigenvalue weighted by Crippen LogP contribution is 2.38. The van der Waals surface area contributed by atoms with Crippen molar-refractivity contribution in [2.45, 2.75) is 32.7 Å². The van der Waals surface area contributed by atoms with Crippen molar-refractivity contribution >= 4 is 23.3 Å². The topological polar surface area (TPSA) is 64.1 Å². The molecular formula is C24H33N3O4S. The average molecular weight is 460 g/mol. The number of rotatable bonds is 7. The van der Waals surface area contributed by atoms with Crippen molar-refractivity contribution < 1.29 is 19.0 Å². The first-order valence-electron chi connectivity index (χ1n) is 10.7. The fourth-order valence-corrected chi connectivity index (χ4v) is 4.58. The normalized spacial score (nSPS) is 15.2. The third kappa shape index (κ3) is 5.81. The Morgan fingerprint density at radius 2 is 1.69 bits per heavy atom. The van der Waals surface area contributed by atoms with E-state index in [0.717, 1.165) is 35.9 Å². The van der Waals surface area contributed by atoms with Crippen molar-refractivity contribution in [3.05, 3.63) is 39.9 Å². The van der Waals surface area contributed by atoms with Gasteiger partial charge in [0, 0.05) is 43.1 Å². The lowest BCUT2D eigenvalue weighted by atomic mass is 9.93. The van der Waals surface area contributed by atoms with E-state index in [-0.39, 0.29) is 11.3 Å². The van der Waals surface area contributed by atoms with E-state index < -0.39 is 0 Å². The number of carbonyl (C=O) groups is 1. The predicted octanol–water partition coefficient (Wildman–Crippen LogP) is 3.82. The molecule has 1 aliphatic heterocycles. The largest absolute Gasteiger partial charge is 0.493 e. The first kappa shape index (κ1) is 24.1. The summed E-state index contributed by atoms with van der Waals surface area (Å²) in [5, 5.41) is 3.29. The second-order valence-corrected chi connectivity index (χ2v) is 9.71. The number of ether oxygens (including phenoxy) is 3. The molecule has 0 unspecified atom stereocenters. The molecule has 174 valence electrons. The standard InChI is InChI=1S/C24H33N3O4S/c1-24(2,3)20-16-32-21(25-20)15-26-9-11-27(12-10-26)22(28)8-7-17-13-18(29-4)23(31-6)19(14-17)30-5/h7-8,13-14,16H,9-12,15H2,1-6H3/b8-7+. The fourth-order valence-electron chi connectivity index (χ4n) is 3.52. The molecule has 1 aliphatic rings. The van der Waals surface area contributed by atoms with Crippen LogP contribution in [0.25, 0.3) is 6.08 Å². The van der Waals surface area contributed by atoms with Gasteiger partial charge in [-0.15, -0.1) is 11.3 Å². The zero-order valence-corrected chi connectivity index (χ0v) is 20.6. The quantitative estimate of drug-likeness (QED) is 0.587. The number of benzene rings is 1. The van der Waals surface area contributed by atoms with Gasteiger partial charge in [-0.25, -0.2) is 4.98 Å². The van der Waals surface area contributed by atoms with Gasteiger partial charge in [-0.05, 0) is 23.8 Å². The number of amides is 1. The van der Waals surface area contributed by atoms with Crippen LogP contribution in [-0.4, -0.2) is 68.2 Å². The van der Waals surface area contributed by atoms with Crippen LogP contribution in [-0.2, 0) is 16.8 Å². The molecule has 1 amide bonds. The van der Waals surface area contributed by atoms with E-state index in [0.29, 0.717) is 30.3 Å². The van der Waals surface area contributed by atoms with Crippen LogP contribution in [0.5, 0.6) is 17.2 Å². The van der Waals surface area contributed by atoms with Crippen molar-refractivity contribution in [3.63, 3.8) is 0 Å². The van der Waals surface area contributed by atoms with Gasteiger partial charge in [0.05, 0.1) is 33.6 Å². The minimum Gasteiger partial charge on any atom is -0.493 e. The van der Waals surface area contributed by atoms with Crippen LogP contribution < -0.4 is 14.2 Å². The third-order valence-electron chi connectivity index (χ3n) is 5.47. The van der Waals surface area contributed by atoms with Gasteiger partial charge < -0.3 is 19.1 Å². The van der Waals surface area contributed by atoms with Gasteiger partial charge >= 0.3 is 0 Å². The maximum Gasteiger partial charge on any atom is 0.246 e. The summed E-state index contributed by atoms with van der Waals surface area (Å²) in [6.45, 7) is 10.5. The number of aromatic nitrogens is 1. The molecule has 1 aromatic heterocycles. The van der Waals surface area contributed by atoms with Gasteiger partial charge in [0.15, 0.2) is 11.5 Å². The Balaban J connectivity index is 1.56. The van der Waals surface area contributed by atoms with Gasteiger partial charge in [-0.1, -0.05) is 20.8 Å². The van der Waals surface area contributed by atoms with E-state index in [1.54, 1.807) is 44.8 Å². The lowest BCUT2D eigenvalue weighted by Crippen LogP contribution is -2.47. The summed E-state index contributed by atoms with van der Waals surface area (Å²) in [6.07, 6.45) is 3.38. The van der Waals surface area contributed by atoms with Crippen molar-refractivity contribution in [2.75, 3.05) is 47.5 Å². The van der Waals surface area contributed by atoms with E-state index >= 15 is 0 Å². The van der Waals surface area contributed by atoms with Crippen molar-refractivity contribution in [1.29, 1.82) is 0 Å². The Hall–Kier alpha value is -2.58. The number of carbonyl (C=O) groups excluding carboxylic acids is 1. The highest BCUT2D eigenvalue weighted by Gasteiger charge is 2.22. The maximum absolute atomic E-state index is 12.7. The molecule has 0 saturated carbocycles. The molecule has 1 fully saturated rings. The Morgan fingerprint density at radius 1 is 1.06 bits per heavy atom. The van der Waals surface area contributed by atoms with E-state index in [4.69, 9.17) is 19.2 Å². The van der Waals surface area contributed by atoms with Gasteiger partial charge in [0.25, 0.3) is 0 Å². The lowest BCUT2D eigenvalue weighted by molar-refractivity contribution is -0.127. The minimum absolute atomic E-state index is 0.00247. The van der Waals surface area contributed by atoms with E-state index in [1.165, 1.54) is 0 Å². The molecule has 0 radical (unpaired) electrons. The summed E-state index contributed by atoms with van der Waals surface area (Å²) in [6, 6.07) is 3.64. The van der Waals surface area contributed by atoms with Crippen LogP contribution in [0, 0.1) is 0 Å². The predicted molar refractivity (Wildman–Crippen MR) is 128 cm³/mol. The summed E-state index contributed by atoms with van der Waals surface area (Å²) in [4.78, 5) is 21.7. The molecule has 1 saturated heterocycles. The molecule has 7 nitrogen and oxygen atoms in total. The Labute approximate surface area is 194 Å². The molecule has 0 bridgehead atoms. The number of nitrogens with zero attached hydrogens (tertiary/aromatic N) is 3. The van der Waals surface area contributed by atoms with Crippen LogP contribution in [0.1, 0.15) is 37.0 Å². The zero-order chi connectivity index (χ0) is 23.3. The second kappa shape index (κ2) is 10.4. The van der Waals surface area contributed by atoms with Crippen molar-refractivity contribution in [1.82, 2.24) is 14.8 Å². The fraction of sp³-hybridized carbons (Fsp3) is 0.500. The van der Waals surface area contributed by atoms with Gasteiger partial charge in [-0.2, -0.15) is 0 Å². The average Bonchev–Trinajstić information content (AvgIpc) is 3.26. The molecule has 32 heavy (non-hydrogen) atoms. The van der Waals surface area contributed by atoms with Crippen LogP contribution in [0.15, 0.2) is 23.6 Å². The van der Waals surface area contributed by atoms with E-state index in [2.05, 4.69) is 31.1 Å². The van der Waals surface area contributed by atoms with Crippen LogP contribution in [0.4, 0.5) is 0 Å². The Bertz CT molecular complexity index is 931. The highest BCUT2D eigenvalue weighted by molar-refractivity contribution is 7.09. The third-order valence-corrected chi connectivity index (χ3v) is 6.30. The first-order chi connectivity index (χ1) is 15.2. The molecule has 0 aliphatic carbocycles. The number of thiazole rings is 1. The monoisotopic (exact) mass is 459 g/mol. The van der Waals surface area contributed by atoms with E-state index in [9.17, 15) is 4.79 Å². The zero-order valence-electron chi connectivity index (χ0n) is 19.8. The maximum atomic E-state index is 12.7. The number of hydrogen-bond acceptors (Lipinski definition) is 7. The number of methoxy groups -OCH3 is 3. The molecule has 0 N–H and O–H groups in total. The summed E-state index contributed by atoms with van der Waals surface area (Å²) in [5.74, 6) is 1.65. The summed E-state index contributed by atoms with van der Waals surface area (Å²) < 4.78 is 16.1. The van der Waals surface area contributed by atoms with Crippen LogP contribution in [0.2, 0.25) is 0 Å². The van der Waals surface area contributed by atoms with Crippen molar-refractivity contribution in [3.8, 4) is 17.2 Å². The first-order valence-corrected chi connectivity index (χ1v) is 11.6. The summed E-state index contributed by atoms with van der Waals surface area (Å²) >= 11 is 1.72. The minimum atomic E-state index is 0.00247. The summed E-state index contributed by atoms with van der Waals surface area (Å²) in [5.41, 5.74) is 2.03. The highest BCUT2D eigenvalue weighted by atomic mass is 32.1. The van der Waals surface area contributed by atoms with Gasteiger partial charge in [-0.3, -0.25) is 9.69 Å². The molecule has 0 spiro atoms. The number of piperazine rings is 1.